The van der Waals surface area contributed by atoms with Gasteiger partial charge in [-0.25, -0.2) is 0 Å². The van der Waals surface area contributed by atoms with Gasteiger partial charge in [-0.05, 0) is 45.2 Å². The largest absolute Gasteiger partial charge is 0.314 e. The van der Waals surface area contributed by atoms with Gasteiger partial charge in [0.05, 0.1) is 6.07 Å². The molecule has 0 aliphatic heterocycles. The van der Waals surface area contributed by atoms with Crippen molar-refractivity contribution in [2.75, 3.05) is 20.1 Å². The third-order valence-corrected chi connectivity index (χ3v) is 2.49. The highest BCUT2D eigenvalue weighted by molar-refractivity contribution is 5.00. The molecule has 0 saturated carbocycles. The molecule has 94 valence electrons. The smallest absolute Gasteiger partial charge is 0.101 e. The van der Waals surface area contributed by atoms with Gasteiger partial charge in [-0.3, -0.25) is 0 Å². The Bertz CT molecular complexity index is 233. The molecule has 1 atom stereocenters. The van der Waals surface area contributed by atoms with Gasteiger partial charge in [0.2, 0.25) is 0 Å². The van der Waals surface area contributed by atoms with Crippen molar-refractivity contribution in [1.82, 2.24) is 4.90 Å². The minimum absolute atomic E-state index is 0.351. The van der Waals surface area contributed by atoms with E-state index >= 15 is 0 Å². The maximum atomic E-state index is 8.77. The van der Waals surface area contributed by atoms with Crippen LogP contribution in [0.1, 0.15) is 47.0 Å². The molecular formula is C13H27N3. The zero-order chi connectivity index (χ0) is 12.8. The Hall–Kier alpha value is -0.590. The van der Waals surface area contributed by atoms with Crippen LogP contribution in [0.25, 0.3) is 0 Å². The summed E-state index contributed by atoms with van der Waals surface area (Å²) < 4.78 is 0. The molecule has 0 aromatic heterocycles. The summed E-state index contributed by atoms with van der Waals surface area (Å²) in [4.78, 5) is 2.35. The number of rotatable bonds is 6. The minimum Gasteiger partial charge on any atom is -0.314 e. The molecule has 2 N–H and O–H groups in total. The Morgan fingerprint density at radius 3 is 2.19 bits per heavy atom. The third-order valence-electron chi connectivity index (χ3n) is 2.49. The van der Waals surface area contributed by atoms with Crippen molar-refractivity contribution in [3.8, 4) is 6.07 Å². The summed E-state index contributed by atoms with van der Waals surface area (Å²) in [7, 11) is 2.15. The molecule has 0 saturated heterocycles. The van der Waals surface area contributed by atoms with Crippen LogP contribution < -0.4 is 5.73 Å². The SMILES string of the molecule is CN(CCCCC(C)(N)C#N)CC(C)(C)C. The predicted octanol–water partition coefficient (Wildman–Crippen LogP) is 2.38. The number of nitrogens with zero attached hydrogens (tertiary/aromatic N) is 2. The summed E-state index contributed by atoms with van der Waals surface area (Å²) in [5.41, 5.74) is 5.46. The first-order valence-corrected chi connectivity index (χ1v) is 6.05. The number of nitriles is 1. The number of unbranched alkanes of at least 4 members (excludes halogenated alkanes) is 1. The molecule has 0 fully saturated rings. The lowest BCUT2D eigenvalue weighted by atomic mass is 9.95. The Labute approximate surface area is 101 Å². The van der Waals surface area contributed by atoms with E-state index in [-0.39, 0.29) is 0 Å². The fourth-order valence-electron chi connectivity index (χ4n) is 1.82. The van der Waals surface area contributed by atoms with E-state index in [4.69, 9.17) is 11.0 Å². The molecule has 0 heterocycles. The zero-order valence-corrected chi connectivity index (χ0v) is 11.5. The minimum atomic E-state index is -0.650. The summed E-state index contributed by atoms with van der Waals surface area (Å²) in [5, 5.41) is 8.77. The zero-order valence-electron chi connectivity index (χ0n) is 11.5. The van der Waals surface area contributed by atoms with Gasteiger partial charge in [-0.15, -0.1) is 0 Å². The van der Waals surface area contributed by atoms with Crippen LogP contribution in [0.3, 0.4) is 0 Å². The van der Waals surface area contributed by atoms with E-state index in [0.29, 0.717) is 5.41 Å². The molecule has 3 heteroatoms. The highest BCUT2D eigenvalue weighted by Crippen LogP contribution is 2.15. The Balaban J connectivity index is 3.65. The molecule has 0 aliphatic carbocycles. The van der Waals surface area contributed by atoms with Crippen LogP contribution in [0.4, 0.5) is 0 Å². The Kier molecular flexibility index (Phi) is 5.99. The van der Waals surface area contributed by atoms with Crippen molar-refractivity contribution in [2.45, 2.75) is 52.5 Å². The van der Waals surface area contributed by atoms with Gasteiger partial charge in [0.15, 0.2) is 0 Å². The average Bonchev–Trinajstić information content (AvgIpc) is 2.10. The topological polar surface area (TPSA) is 53.0 Å². The second kappa shape index (κ2) is 6.22. The molecule has 0 radical (unpaired) electrons. The monoisotopic (exact) mass is 225 g/mol. The fraction of sp³-hybridized carbons (Fsp3) is 0.923. The van der Waals surface area contributed by atoms with E-state index in [1.807, 2.05) is 0 Å². The van der Waals surface area contributed by atoms with Crippen LogP contribution in [-0.4, -0.2) is 30.6 Å². The first-order valence-electron chi connectivity index (χ1n) is 6.05. The molecule has 1 unspecified atom stereocenters. The molecule has 0 aliphatic rings. The molecule has 0 amide bonds. The van der Waals surface area contributed by atoms with E-state index in [1.54, 1.807) is 6.92 Å². The lowest BCUT2D eigenvalue weighted by molar-refractivity contribution is 0.222. The maximum Gasteiger partial charge on any atom is 0.101 e. The molecule has 0 aromatic rings. The summed E-state index contributed by atoms with van der Waals surface area (Å²) in [6.07, 6.45) is 2.92. The van der Waals surface area contributed by atoms with Crippen molar-refractivity contribution in [3.63, 3.8) is 0 Å². The highest BCUT2D eigenvalue weighted by atomic mass is 15.1. The van der Waals surface area contributed by atoms with E-state index in [0.717, 1.165) is 32.4 Å². The van der Waals surface area contributed by atoms with Gasteiger partial charge in [0, 0.05) is 6.54 Å². The molecule has 0 rings (SSSR count). The summed E-state index contributed by atoms with van der Waals surface area (Å²) >= 11 is 0. The Morgan fingerprint density at radius 1 is 1.19 bits per heavy atom. The summed E-state index contributed by atoms with van der Waals surface area (Å²) in [5.74, 6) is 0. The maximum absolute atomic E-state index is 8.77. The second-order valence-corrected chi connectivity index (χ2v) is 6.28. The second-order valence-electron chi connectivity index (χ2n) is 6.28. The van der Waals surface area contributed by atoms with Crippen LogP contribution in [0.5, 0.6) is 0 Å². The lowest BCUT2D eigenvalue weighted by Crippen LogP contribution is -2.34. The molecule has 0 bridgehead atoms. The normalized spacial score (nSPS) is 15.9. The van der Waals surface area contributed by atoms with E-state index in [2.05, 4.69) is 38.8 Å². The van der Waals surface area contributed by atoms with E-state index in [9.17, 15) is 0 Å². The van der Waals surface area contributed by atoms with Crippen molar-refractivity contribution >= 4 is 0 Å². The molecule has 3 nitrogen and oxygen atoms in total. The molecule has 16 heavy (non-hydrogen) atoms. The first kappa shape index (κ1) is 15.4. The van der Waals surface area contributed by atoms with Gasteiger partial charge < -0.3 is 10.6 Å². The lowest BCUT2D eigenvalue weighted by Gasteiger charge is -2.26. The quantitative estimate of drug-likeness (QED) is 0.706. The molecule has 0 spiro atoms. The van der Waals surface area contributed by atoms with Crippen molar-refractivity contribution < 1.29 is 0 Å². The Morgan fingerprint density at radius 2 is 1.75 bits per heavy atom. The predicted molar refractivity (Wildman–Crippen MR) is 69.0 cm³/mol. The van der Waals surface area contributed by atoms with Gasteiger partial charge in [0.25, 0.3) is 0 Å². The van der Waals surface area contributed by atoms with Crippen LogP contribution >= 0.6 is 0 Å². The first-order chi connectivity index (χ1) is 7.16. The van der Waals surface area contributed by atoms with Crippen molar-refractivity contribution in [1.29, 1.82) is 5.26 Å². The fourth-order valence-corrected chi connectivity index (χ4v) is 1.82. The van der Waals surface area contributed by atoms with Gasteiger partial charge in [0.1, 0.15) is 5.54 Å². The van der Waals surface area contributed by atoms with Gasteiger partial charge in [-0.2, -0.15) is 5.26 Å². The molecular weight excluding hydrogens is 198 g/mol. The standard InChI is InChI=1S/C13H27N3/c1-12(2,3)11-16(5)9-7-6-8-13(4,15)10-14/h6-9,11,15H2,1-5H3. The molecule has 0 aromatic carbocycles. The van der Waals surface area contributed by atoms with E-state index in [1.165, 1.54) is 0 Å². The van der Waals surface area contributed by atoms with Gasteiger partial charge in [-0.1, -0.05) is 20.8 Å². The summed E-state index contributed by atoms with van der Waals surface area (Å²) in [6, 6.07) is 2.13. The van der Waals surface area contributed by atoms with Gasteiger partial charge >= 0.3 is 0 Å². The highest BCUT2D eigenvalue weighted by Gasteiger charge is 2.17. The van der Waals surface area contributed by atoms with Crippen LogP contribution in [0.2, 0.25) is 0 Å². The number of nitrogens with two attached hydrogens (primary N) is 1. The van der Waals surface area contributed by atoms with Crippen molar-refractivity contribution in [2.24, 2.45) is 11.1 Å². The van der Waals surface area contributed by atoms with Crippen LogP contribution in [0.15, 0.2) is 0 Å². The summed E-state index contributed by atoms with van der Waals surface area (Å²) in [6.45, 7) is 10.7. The average molecular weight is 225 g/mol. The van der Waals surface area contributed by atoms with Crippen molar-refractivity contribution in [3.05, 3.63) is 0 Å². The van der Waals surface area contributed by atoms with Crippen LogP contribution in [0, 0.1) is 16.7 Å². The number of hydrogen-bond donors (Lipinski definition) is 1. The number of hydrogen-bond acceptors (Lipinski definition) is 3. The van der Waals surface area contributed by atoms with Crippen LogP contribution in [-0.2, 0) is 0 Å². The third kappa shape index (κ3) is 8.70. The van der Waals surface area contributed by atoms with E-state index < -0.39 is 5.54 Å².